The molecular formula is C15H20BrN3O2. The third-order valence-electron chi connectivity index (χ3n) is 4.51. The molecule has 0 aromatic heterocycles. The quantitative estimate of drug-likeness (QED) is 0.671. The fourth-order valence-corrected chi connectivity index (χ4v) is 3.37. The van der Waals surface area contributed by atoms with Crippen LogP contribution < -0.4 is 9.96 Å². The molecule has 0 bridgehead atoms. The molecular weight excluding hydrogens is 334 g/mol. The number of benzene rings is 1. The molecule has 3 rings (SSSR count). The van der Waals surface area contributed by atoms with Crippen LogP contribution in [-0.2, 0) is 4.79 Å². The Morgan fingerprint density at radius 1 is 1.48 bits per heavy atom. The lowest BCUT2D eigenvalue weighted by Gasteiger charge is -2.38. The molecule has 1 aromatic carbocycles. The molecule has 0 radical (unpaired) electrons. The fraction of sp³-hybridized carbons (Fsp3) is 0.533. The second-order valence-corrected chi connectivity index (χ2v) is 7.37. The van der Waals surface area contributed by atoms with E-state index in [4.69, 9.17) is 0 Å². The first kappa shape index (κ1) is 15.0. The highest BCUT2D eigenvalue weighted by Gasteiger charge is 2.44. The van der Waals surface area contributed by atoms with Gasteiger partial charge < -0.3 is 15.2 Å². The molecule has 2 fully saturated rings. The number of hydrogen-bond acceptors (Lipinski definition) is 3. The Balaban J connectivity index is 1.78. The highest BCUT2D eigenvalue weighted by molar-refractivity contribution is 9.10. The summed E-state index contributed by atoms with van der Waals surface area (Å²) in [6.07, 6.45) is 1.90. The maximum atomic E-state index is 12.8. The molecule has 1 atom stereocenters. The van der Waals surface area contributed by atoms with E-state index in [0.29, 0.717) is 13.2 Å². The standard InChI is InChI=1S/C15H20BrN3O2/c1-15(5-6-15)14(20)17-11-3-4-13(12(16)9-11)19(21)8-7-18(2)10-19/h3-4,9H,5-8,10H2,1-2H3,(H,17,20). The van der Waals surface area contributed by atoms with E-state index >= 15 is 0 Å². The topological polar surface area (TPSA) is 55.4 Å². The summed E-state index contributed by atoms with van der Waals surface area (Å²) in [5.41, 5.74) is 1.26. The predicted octanol–water partition coefficient (Wildman–Crippen LogP) is 2.90. The summed E-state index contributed by atoms with van der Waals surface area (Å²) in [5, 5.41) is 15.8. The molecule has 1 amide bonds. The first-order valence-corrected chi connectivity index (χ1v) is 8.00. The number of quaternary nitrogens is 1. The number of halogens is 1. The molecule has 1 aliphatic carbocycles. The van der Waals surface area contributed by atoms with Gasteiger partial charge in [-0.25, -0.2) is 0 Å². The van der Waals surface area contributed by atoms with Gasteiger partial charge in [-0.2, -0.15) is 0 Å². The van der Waals surface area contributed by atoms with Gasteiger partial charge in [-0.3, -0.25) is 9.69 Å². The van der Waals surface area contributed by atoms with E-state index in [1.54, 1.807) is 0 Å². The maximum absolute atomic E-state index is 12.8. The molecule has 1 heterocycles. The minimum atomic E-state index is -0.344. The van der Waals surface area contributed by atoms with E-state index in [-0.39, 0.29) is 16.0 Å². The number of nitrogens with zero attached hydrogens (tertiary/aromatic N) is 2. The largest absolute Gasteiger partial charge is 0.626 e. The molecule has 0 spiro atoms. The summed E-state index contributed by atoms with van der Waals surface area (Å²) in [5.74, 6) is 0.0640. The highest BCUT2D eigenvalue weighted by Crippen LogP contribution is 2.46. The van der Waals surface area contributed by atoms with Crippen molar-refractivity contribution >= 4 is 33.2 Å². The third-order valence-corrected chi connectivity index (χ3v) is 5.14. The van der Waals surface area contributed by atoms with E-state index in [0.717, 1.165) is 35.2 Å². The van der Waals surface area contributed by atoms with Crippen LogP contribution in [0.4, 0.5) is 11.4 Å². The summed E-state index contributed by atoms with van der Waals surface area (Å²) in [4.78, 5) is 14.1. The number of likely N-dealkylation sites (N-methyl/N-ethyl adjacent to an activating group) is 1. The van der Waals surface area contributed by atoms with Gasteiger partial charge in [0.2, 0.25) is 5.91 Å². The summed E-state index contributed by atoms with van der Waals surface area (Å²) in [6.45, 7) is 3.79. The van der Waals surface area contributed by atoms with Gasteiger partial charge in [0.05, 0.1) is 17.6 Å². The minimum Gasteiger partial charge on any atom is -0.626 e. The average Bonchev–Trinajstić information content (AvgIpc) is 3.07. The van der Waals surface area contributed by atoms with Crippen molar-refractivity contribution in [1.82, 2.24) is 9.55 Å². The van der Waals surface area contributed by atoms with Crippen LogP contribution in [0.3, 0.4) is 0 Å². The van der Waals surface area contributed by atoms with Crippen LogP contribution in [0, 0.1) is 10.6 Å². The second kappa shape index (κ2) is 5.05. The first-order chi connectivity index (χ1) is 9.82. The lowest BCUT2D eigenvalue weighted by atomic mass is 10.1. The van der Waals surface area contributed by atoms with Crippen molar-refractivity contribution < 1.29 is 4.79 Å². The van der Waals surface area contributed by atoms with Crippen molar-refractivity contribution in [3.63, 3.8) is 0 Å². The summed E-state index contributed by atoms with van der Waals surface area (Å²) in [6, 6.07) is 5.47. The summed E-state index contributed by atoms with van der Waals surface area (Å²) < 4.78 is 0.412. The van der Waals surface area contributed by atoms with Crippen LogP contribution in [0.25, 0.3) is 0 Å². The molecule has 2 aliphatic rings. The zero-order valence-electron chi connectivity index (χ0n) is 12.4. The summed E-state index contributed by atoms with van der Waals surface area (Å²) in [7, 11) is 1.96. The Kier molecular flexibility index (Phi) is 3.60. The lowest BCUT2D eigenvalue weighted by molar-refractivity contribution is -0.120. The number of amides is 1. The third kappa shape index (κ3) is 2.85. The molecule has 5 nitrogen and oxygen atoms in total. The van der Waals surface area contributed by atoms with Crippen LogP contribution in [0.15, 0.2) is 22.7 Å². The number of hydrogen-bond donors (Lipinski definition) is 1. The Morgan fingerprint density at radius 3 is 2.71 bits per heavy atom. The Hall–Kier alpha value is -0.950. The van der Waals surface area contributed by atoms with Crippen LogP contribution >= 0.6 is 15.9 Å². The van der Waals surface area contributed by atoms with E-state index in [9.17, 15) is 10.0 Å². The Bertz CT molecular complexity index is 588. The zero-order chi connectivity index (χ0) is 15.3. The maximum Gasteiger partial charge on any atom is 0.230 e. The second-order valence-electron chi connectivity index (χ2n) is 6.51. The van der Waals surface area contributed by atoms with Crippen molar-refractivity contribution in [2.75, 3.05) is 32.1 Å². The molecule has 114 valence electrons. The normalized spacial score (nSPS) is 27.6. The van der Waals surface area contributed by atoms with Gasteiger partial charge in [0.1, 0.15) is 12.4 Å². The van der Waals surface area contributed by atoms with Gasteiger partial charge in [0.15, 0.2) is 0 Å². The van der Waals surface area contributed by atoms with Crippen LogP contribution in [0.1, 0.15) is 19.8 Å². The molecule has 1 aromatic rings. The molecule has 1 aliphatic heterocycles. The van der Waals surface area contributed by atoms with Crippen molar-refractivity contribution in [2.24, 2.45) is 5.41 Å². The van der Waals surface area contributed by atoms with E-state index < -0.39 is 0 Å². The predicted molar refractivity (Wildman–Crippen MR) is 87.6 cm³/mol. The van der Waals surface area contributed by atoms with Crippen molar-refractivity contribution in [1.29, 1.82) is 0 Å². The van der Waals surface area contributed by atoms with Gasteiger partial charge >= 0.3 is 0 Å². The molecule has 6 heteroatoms. The van der Waals surface area contributed by atoms with E-state index in [1.165, 1.54) is 0 Å². The molecule has 1 N–H and O–H groups in total. The number of anilines is 1. The Labute approximate surface area is 133 Å². The number of carbonyl (C=O) groups is 1. The van der Waals surface area contributed by atoms with Gasteiger partial charge in [-0.1, -0.05) is 6.92 Å². The monoisotopic (exact) mass is 353 g/mol. The molecule has 1 unspecified atom stereocenters. The van der Waals surface area contributed by atoms with E-state index in [2.05, 4.69) is 21.2 Å². The SMILES string of the molecule is CN1CC[N+]([O-])(c2ccc(NC(=O)C3(C)CC3)cc2Br)C1. The van der Waals surface area contributed by atoms with Crippen molar-refractivity contribution in [2.45, 2.75) is 19.8 Å². The van der Waals surface area contributed by atoms with Gasteiger partial charge in [0.25, 0.3) is 0 Å². The van der Waals surface area contributed by atoms with Crippen molar-refractivity contribution in [3.8, 4) is 0 Å². The highest BCUT2D eigenvalue weighted by atomic mass is 79.9. The van der Waals surface area contributed by atoms with Crippen LogP contribution in [0.5, 0.6) is 0 Å². The number of carbonyl (C=O) groups excluding carboxylic acids is 1. The molecule has 1 saturated carbocycles. The van der Waals surface area contributed by atoms with Crippen molar-refractivity contribution in [3.05, 3.63) is 27.9 Å². The fourth-order valence-electron chi connectivity index (χ4n) is 2.67. The van der Waals surface area contributed by atoms with Crippen LogP contribution in [0.2, 0.25) is 0 Å². The average molecular weight is 354 g/mol. The van der Waals surface area contributed by atoms with Gasteiger partial charge in [0, 0.05) is 17.2 Å². The molecule has 21 heavy (non-hydrogen) atoms. The minimum absolute atomic E-state index is 0.0640. The first-order valence-electron chi connectivity index (χ1n) is 7.21. The van der Waals surface area contributed by atoms with Gasteiger partial charge in [-0.05, 0) is 48.0 Å². The smallest absolute Gasteiger partial charge is 0.230 e. The van der Waals surface area contributed by atoms with Crippen LogP contribution in [-0.4, -0.2) is 37.6 Å². The lowest BCUT2D eigenvalue weighted by Crippen LogP contribution is -2.42. The Morgan fingerprint density at radius 2 is 2.19 bits per heavy atom. The number of hydroxylamine groups is 2. The zero-order valence-corrected chi connectivity index (χ0v) is 13.9. The number of nitrogens with one attached hydrogen (secondary N) is 1. The number of rotatable bonds is 3. The summed E-state index contributed by atoms with van der Waals surface area (Å²) >= 11 is 3.48. The van der Waals surface area contributed by atoms with E-state index in [1.807, 2.05) is 37.1 Å². The molecule has 1 saturated heterocycles. The van der Waals surface area contributed by atoms with Gasteiger partial charge in [-0.15, -0.1) is 0 Å².